The number of hydrogen-bond donors (Lipinski definition) is 1. The summed E-state index contributed by atoms with van der Waals surface area (Å²) in [6.07, 6.45) is 7.96. The molecule has 0 spiro atoms. The molecule has 0 aromatic heterocycles. The summed E-state index contributed by atoms with van der Waals surface area (Å²) in [5.41, 5.74) is 4.34. The zero-order chi connectivity index (χ0) is 14.5. The molecule has 1 N–H and O–H groups in total. The van der Waals surface area contributed by atoms with E-state index < -0.39 is 0 Å². The molecule has 1 fully saturated rings. The molecular formula is C18H28N2O. The van der Waals surface area contributed by atoms with Crippen LogP contribution in [0.1, 0.15) is 43.2 Å². The van der Waals surface area contributed by atoms with E-state index in [-0.39, 0.29) is 0 Å². The first-order chi connectivity index (χ1) is 10.3. The Kier molecular flexibility index (Phi) is 5.15. The molecule has 1 aromatic carbocycles. The molecule has 3 rings (SSSR count). The van der Waals surface area contributed by atoms with Gasteiger partial charge in [-0.3, -0.25) is 0 Å². The van der Waals surface area contributed by atoms with Gasteiger partial charge >= 0.3 is 0 Å². The first-order valence-electron chi connectivity index (χ1n) is 8.48. The molecule has 0 saturated carbocycles. The minimum absolute atomic E-state index is 0.489. The van der Waals surface area contributed by atoms with Gasteiger partial charge < -0.3 is 15.0 Å². The average molecular weight is 288 g/mol. The van der Waals surface area contributed by atoms with Crippen molar-refractivity contribution < 1.29 is 4.74 Å². The Balaban J connectivity index is 1.45. The number of hydrogen-bond acceptors (Lipinski definition) is 3. The molecule has 3 heteroatoms. The van der Waals surface area contributed by atoms with Gasteiger partial charge in [-0.05, 0) is 62.3 Å². The molecule has 0 aliphatic carbocycles. The highest BCUT2D eigenvalue weighted by atomic mass is 16.5. The summed E-state index contributed by atoms with van der Waals surface area (Å²) in [7, 11) is 2.19. The predicted octanol–water partition coefficient (Wildman–Crippen LogP) is 3.12. The van der Waals surface area contributed by atoms with Crippen molar-refractivity contribution in [1.82, 2.24) is 5.32 Å². The number of anilines is 1. The third kappa shape index (κ3) is 3.98. The van der Waals surface area contributed by atoms with Crippen molar-refractivity contribution in [2.75, 3.05) is 31.6 Å². The minimum Gasteiger partial charge on any atom is -0.378 e. The van der Waals surface area contributed by atoms with E-state index in [1.54, 1.807) is 0 Å². The summed E-state index contributed by atoms with van der Waals surface area (Å²) in [6, 6.07) is 6.94. The van der Waals surface area contributed by atoms with E-state index in [1.165, 1.54) is 55.5 Å². The number of aryl methyl sites for hydroxylation is 1. The Hall–Kier alpha value is -1.06. The predicted molar refractivity (Wildman–Crippen MR) is 87.9 cm³/mol. The molecular weight excluding hydrogens is 260 g/mol. The lowest BCUT2D eigenvalue weighted by atomic mass is 9.99. The van der Waals surface area contributed by atoms with Crippen LogP contribution >= 0.6 is 0 Å². The van der Waals surface area contributed by atoms with Gasteiger partial charge in [0, 0.05) is 32.4 Å². The molecule has 1 atom stereocenters. The van der Waals surface area contributed by atoms with Crippen molar-refractivity contribution in [3.8, 4) is 0 Å². The second kappa shape index (κ2) is 7.28. The van der Waals surface area contributed by atoms with Crippen molar-refractivity contribution in [3.05, 3.63) is 29.3 Å². The molecule has 0 bridgehead atoms. The van der Waals surface area contributed by atoms with Gasteiger partial charge in [0.05, 0.1) is 6.10 Å². The van der Waals surface area contributed by atoms with Crippen molar-refractivity contribution >= 4 is 5.69 Å². The standard InChI is InChI=1S/C18H28N2O/c1-20-11-4-5-16-13-15(7-8-18(16)20)14-19-10-9-17-6-2-3-12-21-17/h7-8,13,17,19H,2-6,9-12,14H2,1H3. The van der Waals surface area contributed by atoms with Crippen LogP contribution in [0.15, 0.2) is 18.2 Å². The molecule has 0 radical (unpaired) electrons. The zero-order valence-corrected chi connectivity index (χ0v) is 13.2. The monoisotopic (exact) mass is 288 g/mol. The van der Waals surface area contributed by atoms with Crippen LogP contribution in [-0.4, -0.2) is 32.8 Å². The summed E-state index contributed by atoms with van der Waals surface area (Å²) in [5.74, 6) is 0. The van der Waals surface area contributed by atoms with E-state index in [1.807, 2.05) is 0 Å². The van der Waals surface area contributed by atoms with E-state index in [0.29, 0.717) is 6.10 Å². The third-order valence-corrected chi connectivity index (χ3v) is 4.74. The minimum atomic E-state index is 0.489. The van der Waals surface area contributed by atoms with Crippen LogP contribution in [-0.2, 0) is 17.7 Å². The van der Waals surface area contributed by atoms with Crippen molar-refractivity contribution in [2.24, 2.45) is 0 Å². The molecule has 3 nitrogen and oxygen atoms in total. The van der Waals surface area contributed by atoms with Crippen molar-refractivity contribution in [1.29, 1.82) is 0 Å². The zero-order valence-electron chi connectivity index (χ0n) is 13.2. The lowest BCUT2D eigenvalue weighted by Crippen LogP contribution is -2.26. The highest BCUT2D eigenvalue weighted by Gasteiger charge is 2.14. The molecule has 2 heterocycles. The van der Waals surface area contributed by atoms with E-state index in [9.17, 15) is 0 Å². The number of nitrogens with zero attached hydrogens (tertiary/aromatic N) is 1. The highest BCUT2D eigenvalue weighted by molar-refractivity contribution is 5.56. The summed E-state index contributed by atoms with van der Waals surface area (Å²) >= 11 is 0. The second-order valence-electron chi connectivity index (χ2n) is 6.44. The molecule has 2 aliphatic rings. The lowest BCUT2D eigenvalue weighted by molar-refractivity contribution is 0.0115. The van der Waals surface area contributed by atoms with Crippen LogP contribution in [0.2, 0.25) is 0 Å². The number of rotatable bonds is 5. The highest BCUT2D eigenvalue weighted by Crippen LogP contribution is 2.26. The lowest BCUT2D eigenvalue weighted by Gasteiger charge is -2.28. The fourth-order valence-corrected chi connectivity index (χ4v) is 3.48. The van der Waals surface area contributed by atoms with Crippen LogP contribution in [0.4, 0.5) is 5.69 Å². The molecule has 116 valence electrons. The first kappa shape index (κ1) is 14.9. The topological polar surface area (TPSA) is 24.5 Å². The van der Waals surface area contributed by atoms with Gasteiger partial charge in [-0.2, -0.15) is 0 Å². The van der Waals surface area contributed by atoms with E-state index in [4.69, 9.17) is 4.74 Å². The first-order valence-corrected chi connectivity index (χ1v) is 8.48. The van der Waals surface area contributed by atoms with Crippen LogP contribution < -0.4 is 10.2 Å². The van der Waals surface area contributed by atoms with Gasteiger partial charge in [0.25, 0.3) is 0 Å². The van der Waals surface area contributed by atoms with Crippen LogP contribution in [0, 0.1) is 0 Å². The molecule has 0 amide bonds. The second-order valence-corrected chi connectivity index (χ2v) is 6.44. The summed E-state index contributed by atoms with van der Waals surface area (Å²) in [4.78, 5) is 2.37. The SMILES string of the molecule is CN1CCCc2cc(CNCCC3CCCCO3)ccc21. The number of benzene rings is 1. The van der Waals surface area contributed by atoms with Gasteiger partial charge in [0.2, 0.25) is 0 Å². The largest absolute Gasteiger partial charge is 0.378 e. The maximum absolute atomic E-state index is 5.77. The smallest absolute Gasteiger partial charge is 0.0587 e. The summed E-state index contributed by atoms with van der Waals surface area (Å²) in [5, 5.41) is 3.57. The van der Waals surface area contributed by atoms with Crippen LogP contribution in [0.25, 0.3) is 0 Å². The Morgan fingerprint density at radius 1 is 1.29 bits per heavy atom. The third-order valence-electron chi connectivity index (χ3n) is 4.74. The van der Waals surface area contributed by atoms with Crippen molar-refractivity contribution in [2.45, 2.75) is 51.2 Å². The summed E-state index contributed by atoms with van der Waals surface area (Å²) in [6.45, 7) is 4.18. The Bertz CT molecular complexity index is 455. The number of ether oxygens (including phenoxy) is 1. The Labute approximate surface area is 128 Å². The molecule has 1 saturated heterocycles. The fourth-order valence-electron chi connectivity index (χ4n) is 3.48. The number of fused-ring (bicyclic) bond motifs is 1. The molecule has 2 aliphatic heterocycles. The van der Waals surface area contributed by atoms with Gasteiger partial charge in [-0.25, -0.2) is 0 Å². The summed E-state index contributed by atoms with van der Waals surface area (Å²) < 4.78 is 5.77. The Morgan fingerprint density at radius 2 is 2.24 bits per heavy atom. The van der Waals surface area contributed by atoms with Gasteiger partial charge in [-0.1, -0.05) is 12.1 Å². The Morgan fingerprint density at radius 3 is 3.10 bits per heavy atom. The molecule has 1 aromatic rings. The number of nitrogens with one attached hydrogen (secondary N) is 1. The van der Waals surface area contributed by atoms with Crippen LogP contribution in [0.3, 0.4) is 0 Å². The quantitative estimate of drug-likeness (QED) is 0.843. The van der Waals surface area contributed by atoms with Crippen molar-refractivity contribution in [3.63, 3.8) is 0 Å². The molecule has 1 unspecified atom stereocenters. The van der Waals surface area contributed by atoms with Gasteiger partial charge in [0.1, 0.15) is 0 Å². The van der Waals surface area contributed by atoms with Gasteiger partial charge in [-0.15, -0.1) is 0 Å². The maximum Gasteiger partial charge on any atom is 0.0587 e. The van der Waals surface area contributed by atoms with E-state index >= 15 is 0 Å². The van der Waals surface area contributed by atoms with E-state index in [0.717, 1.165) is 26.1 Å². The van der Waals surface area contributed by atoms with E-state index in [2.05, 4.69) is 35.5 Å². The van der Waals surface area contributed by atoms with Gasteiger partial charge in [0.15, 0.2) is 0 Å². The maximum atomic E-state index is 5.77. The normalized spacial score (nSPS) is 22.1. The fraction of sp³-hybridized carbons (Fsp3) is 0.667. The van der Waals surface area contributed by atoms with Crippen LogP contribution in [0.5, 0.6) is 0 Å². The molecule has 21 heavy (non-hydrogen) atoms. The average Bonchev–Trinajstić information content (AvgIpc) is 2.53.